The molecule has 0 saturated carbocycles. The molecule has 0 radical (unpaired) electrons. The summed E-state index contributed by atoms with van der Waals surface area (Å²) >= 11 is 0. The van der Waals surface area contributed by atoms with Crippen molar-refractivity contribution in [3.05, 3.63) is 145 Å². The van der Waals surface area contributed by atoms with Gasteiger partial charge in [0.1, 0.15) is 0 Å². The van der Waals surface area contributed by atoms with Crippen molar-refractivity contribution in [2.45, 2.75) is 0 Å². The van der Waals surface area contributed by atoms with Crippen molar-refractivity contribution in [3.63, 3.8) is 0 Å². The summed E-state index contributed by atoms with van der Waals surface area (Å²) < 4.78 is 201. The summed E-state index contributed by atoms with van der Waals surface area (Å²) in [5.74, 6) is 0. The minimum absolute atomic E-state index is 0.496. The van der Waals surface area contributed by atoms with Gasteiger partial charge in [-0.3, -0.25) is 0 Å². The van der Waals surface area contributed by atoms with Crippen LogP contribution < -0.4 is 0 Å². The molecule has 0 amide bonds. The summed E-state index contributed by atoms with van der Waals surface area (Å²) in [6.07, 6.45) is 0. The third-order valence-corrected chi connectivity index (χ3v) is 5.55. The molecule has 0 fully saturated rings. The molecule has 0 bridgehead atoms. The van der Waals surface area contributed by atoms with E-state index in [-0.39, 0.29) is 0 Å². The van der Waals surface area contributed by atoms with E-state index in [4.69, 9.17) is 26.0 Å². The lowest BCUT2D eigenvalue weighted by molar-refractivity contribution is 1.62. The number of rotatable bonds is 3. The minimum atomic E-state index is -1.01. The van der Waals surface area contributed by atoms with Crippen molar-refractivity contribution < 1.29 is 31.5 Å². The quantitative estimate of drug-likeness (QED) is 0.221. The summed E-state index contributed by atoms with van der Waals surface area (Å²) in [4.78, 5) is 0. The number of fused-ring (bicyclic) bond motifs is 3. The molecule has 7 rings (SSSR count). The molecule has 0 saturated heterocycles. The van der Waals surface area contributed by atoms with Crippen molar-refractivity contribution in [2.75, 3.05) is 0 Å². The molecule has 0 nitrogen and oxygen atoms in total. The van der Waals surface area contributed by atoms with Crippen molar-refractivity contribution in [2.24, 2.45) is 0 Å². The van der Waals surface area contributed by atoms with Gasteiger partial charge in [0.2, 0.25) is 0 Å². The number of benzene rings is 7. The van der Waals surface area contributed by atoms with Gasteiger partial charge in [-0.25, -0.2) is 0 Å². The molecule has 0 aromatic heterocycles. The molecule has 0 aliphatic heterocycles. The van der Waals surface area contributed by atoms with Gasteiger partial charge in [0.25, 0.3) is 0 Å². The van der Waals surface area contributed by atoms with E-state index >= 15 is 0 Å². The molecule has 0 aliphatic carbocycles. The van der Waals surface area contributed by atoms with Gasteiger partial charge in [-0.2, -0.15) is 0 Å². The Labute approximate surface area is 243 Å². The van der Waals surface area contributed by atoms with Crippen LogP contribution in [0.25, 0.3) is 65.7 Å². The Balaban J connectivity index is 1.78. The molecular formula is C36H24. The van der Waals surface area contributed by atoms with E-state index < -0.39 is 205 Å². The fourth-order valence-corrected chi connectivity index (χ4v) is 4.01. The van der Waals surface area contributed by atoms with Gasteiger partial charge >= 0.3 is 0 Å². The van der Waals surface area contributed by atoms with Crippen LogP contribution in [-0.2, 0) is 0 Å². The van der Waals surface area contributed by atoms with Crippen molar-refractivity contribution in [3.8, 4) is 33.4 Å². The average Bonchev–Trinajstić information content (AvgIpc) is 3.19. The van der Waals surface area contributed by atoms with Crippen LogP contribution in [0.4, 0.5) is 0 Å². The van der Waals surface area contributed by atoms with Crippen LogP contribution in [0.5, 0.6) is 0 Å². The predicted octanol–water partition coefficient (Wildman–Crippen LogP) is 10.1. The highest BCUT2D eigenvalue weighted by atomic mass is 14.2. The van der Waals surface area contributed by atoms with Crippen molar-refractivity contribution in [1.82, 2.24) is 0 Å². The predicted molar refractivity (Wildman–Crippen MR) is 155 cm³/mol. The van der Waals surface area contributed by atoms with E-state index in [2.05, 4.69) is 0 Å². The van der Waals surface area contributed by atoms with Crippen LogP contribution in [0.3, 0.4) is 0 Å². The standard InChI is InChI=1S/C36H24/c1-2-11-27(12-3-1)35-31-14-6-8-16-33(31)36(34-17-9-7-15-32(34)35)28-21-18-26(19-22-28)30-23-20-25-10-4-5-13-29(25)24-30/h1-24H/i1D,2D,4D,5D,6D,7D,8D,9D,10D,11D,12D,13D,14D,15D,16D,17D,18D,19D,20D,21D,22D,23D,24D. The summed E-state index contributed by atoms with van der Waals surface area (Å²) in [5.41, 5.74) is -3.94. The Morgan fingerprint density at radius 3 is 1.44 bits per heavy atom. The second-order valence-electron chi connectivity index (χ2n) is 7.56. The fraction of sp³-hybridized carbons (Fsp3) is 0. The zero-order valence-electron chi connectivity index (χ0n) is 41.1. The van der Waals surface area contributed by atoms with Crippen LogP contribution in [-0.4, -0.2) is 0 Å². The highest BCUT2D eigenvalue weighted by Crippen LogP contribution is 2.43. The fourth-order valence-electron chi connectivity index (χ4n) is 4.01. The van der Waals surface area contributed by atoms with Crippen molar-refractivity contribution in [1.29, 1.82) is 0 Å². The highest BCUT2D eigenvalue weighted by molar-refractivity contribution is 6.21. The number of hydrogen-bond acceptors (Lipinski definition) is 0. The molecule has 36 heavy (non-hydrogen) atoms. The largest absolute Gasteiger partial charge is 0.0636 e. The highest BCUT2D eigenvalue weighted by Gasteiger charge is 2.16. The van der Waals surface area contributed by atoms with Crippen LogP contribution in [0.15, 0.2) is 145 Å². The van der Waals surface area contributed by atoms with Crippen LogP contribution in [0.1, 0.15) is 31.5 Å². The molecule has 0 unspecified atom stereocenters. The smallest absolute Gasteiger partial charge is 0.0622 e. The molecule has 0 N–H and O–H groups in total. The van der Waals surface area contributed by atoms with Crippen molar-refractivity contribution >= 4 is 32.3 Å². The van der Waals surface area contributed by atoms with Crippen LogP contribution >= 0.6 is 0 Å². The first-order valence-electron chi connectivity index (χ1n) is 22.1. The van der Waals surface area contributed by atoms with E-state index in [1.165, 1.54) is 0 Å². The Morgan fingerprint density at radius 1 is 0.333 bits per heavy atom. The first-order valence-corrected chi connectivity index (χ1v) is 10.6. The first-order chi connectivity index (χ1) is 27.4. The van der Waals surface area contributed by atoms with Crippen LogP contribution in [0.2, 0.25) is 0 Å². The summed E-state index contributed by atoms with van der Waals surface area (Å²) in [5, 5.41) is -3.42. The van der Waals surface area contributed by atoms with Gasteiger partial charge in [-0.05, 0) is 71.7 Å². The molecule has 7 aromatic carbocycles. The van der Waals surface area contributed by atoms with E-state index in [1.807, 2.05) is 0 Å². The summed E-state index contributed by atoms with van der Waals surface area (Å²) in [6, 6.07) is -18.4. The Morgan fingerprint density at radius 2 is 0.806 bits per heavy atom. The lowest BCUT2D eigenvalue weighted by Gasteiger charge is -2.18. The maximum absolute atomic E-state index is 9.31. The summed E-state index contributed by atoms with van der Waals surface area (Å²) in [6.45, 7) is 0. The zero-order valence-corrected chi connectivity index (χ0v) is 18.1. The monoisotopic (exact) mass is 479 g/mol. The Kier molecular flexibility index (Phi) is 1.87. The van der Waals surface area contributed by atoms with Gasteiger partial charge in [0, 0.05) is 0 Å². The molecule has 0 spiro atoms. The van der Waals surface area contributed by atoms with E-state index in [0.29, 0.717) is 0 Å². The summed E-state index contributed by atoms with van der Waals surface area (Å²) in [7, 11) is 0. The average molecular weight is 480 g/mol. The van der Waals surface area contributed by atoms with E-state index in [9.17, 15) is 5.48 Å². The maximum Gasteiger partial charge on any atom is 0.0636 e. The van der Waals surface area contributed by atoms with E-state index in [0.717, 1.165) is 6.07 Å². The lowest BCUT2D eigenvalue weighted by Crippen LogP contribution is -1.90. The third-order valence-electron chi connectivity index (χ3n) is 5.55. The van der Waals surface area contributed by atoms with Crippen LogP contribution in [0, 0.1) is 0 Å². The number of hydrogen-bond donors (Lipinski definition) is 0. The minimum Gasteiger partial charge on any atom is -0.0622 e. The van der Waals surface area contributed by atoms with Gasteiger partial charge in [-0.1, -0.05) is 139 Å². The lowest BCUT2D eigenvalue weighted by atomic mass is 9.86. The third kappa shape index (κ3) is 3.39. The van der Waals surface area contributed by atoms with Gasteiger partial charge in [0.15, 0.2) is 0 Å². The second kappa shape index (κ2) is 8.52. The molecule has 7 aromatic rings. The van der Waals surface area contributed by atoms with E-state index in [1.54, 1.807) is 0 Å². The normalized spacial score (nSPS) is 20.3. The molecule has 0 aliphatic rings. The first kappa shape index (κ1) is 7.91. The molecule has 0 heterocycles. The molecular weight excluding hydrogens is 432 g/mol. The van der Waals surface area contributed by atoms with Gasteiger partial charge in [-0.15, -0.1) is 0 Å². The zero-order chi connectivity index (χ0) is 43.9. The Hall–Kier alpha value is -4.68. The topological polar surface area (TPSA) is 0 Å². The SMILES string of the molecule is [2H]c1cc([2H])c(-c2c3c([2H])c([2H])c([2H])c([2H])c3c(-c3c([2H])c([2H])c(-c4c([2H])c([2H])c5c([2H])c([2H])c([2H])c([2H])c5c4[2H])c([2H])c3[2H])c3c([2H])c([2H])c([2H])c([2H])c23)c([2H])c1[2H]. The second-order valence-corrected chi connectivity index (χ2v) is 7.56. The van der Waals surface area contributed by atoms with Gasteiger partial charge in [0.05, 0.1) is 31.5 Å². The molecule has 0 heteroatoms. The van der Waals surface area contributed by atoms with Gasteiger partial charge < -0.3 is 0 Å². The molecule has 168 valence electrons. The maximum atomic E-state index is 9.31. The molecule has 0 atom stereocenters. The Bertz CT molecular complexity index is 3020.